The highest BCUT2D eigenvalue weighted by Gasteiger charge is 2.17. The molecule has 1 heterocycles. The molecule has 0 unspecified atom stereocenters. The third-order valence-electron chi connectivity index (χ3n) is 5.39. The van der Waals surface area contributed by atoms with Crippen LogP contribution in [0.2, 0.25) is 0 Å². The first-order valence-corrected chi connectivity index (χ1v) is 9.98. The highest BCUT2D eigenvalue weighted by Crippen LogP contribution is 2.18. The van der Waals surface area contributed by atoms with Crippen molar-refractivity contribution < 1.29 is 9.53 Å². The van der Waals surface area contributed by atoms with Crippen molar-refractivity contribution >= 4 is 35.8 Å². The monoisotopic (exact) mass is 480 g/mol. The molecule has 152 valence electrons. The van der Waals surface area contributed by atoms with E-state index in [9.17, 15) is 4.79 Å². The molecular formula is C19H37IN4O2. The van der Waals surface area contributed by atoms with Gasteiger partial charge < -0.3 is 20.3 Å². The van der Waals surface area contributed by atoms with Crippen molar-refractivity contribution in [3.8, 4) is 0 Å². The summed E-state index contributed by atoms with van der Waals surface area (Å²) in [6.45, 7) is 3.42. The van der Waals surface area contributed by atoms with Crippen molar-refractivity contribution in [1.82, 2.24) is 15.5 Å². The minimum atomic E-state index is 0. The Bertz CT molecular complexity index is 422. The van der Waals surface area contributed by atoms with E-state index < -0.39 is 0 Å². The summed E-state index contributed by atoms with van der Waals surface area (Å²) in [5, 5.41) is 6.48. The number of nitrogens with zero attached hydrogens (tertiary/aromatic N) is 2. The van der Waals surface area contributed by atoms with Crippen LogP contribution in [-0.2, 0) is 9.53 Å². The predicted molar refractivity (Wildman–Crippen MR) is 117 cm³/mol. The third kappa shape index (κ3) is 8.88. The van der Waals surface area contributed by atoms with E-state index in [2.05, 4.69) is 27.6 Å². The van der Waals surface area contributed by atoms with Crippen LogP contribution in [0.3, 0.4) is 0 Å². The van der Waals surface area contributed by atoms with Crippen LogP contribution >= 0.6 is 24.0 Å². The molecule has 2 fully saturated rings. The van der Waals surface area contributed by atoms with Crippen molar-refractivity contribution in [3.05, 3.63) is 0 Å². The highest BCUT2D eigenvalue weighted by molar-refractivity contribution is 14.0. The van der Waals surface area contributed by atoms with E-state index in [1.165, 1.54) is 38.5 Å². The second-order valence-electron chi connectivity index (χ2n) is 7.39. The Balaban J connectivity index is 0.00000338. The Labute approximate surface area is 175 Å². The van der Waals surface area contributed by atoms with Gasteiger partial charge in [-0.15, -0.1) is 24.0 Å². The molecule has 0 spiro atoms. The summed E-state index contributed by atoms with van der Waals surface area (Å²) in [4.78, 5) is 18.6. The van der Waals surface area contributed by atoms with Gasteiger partial charge in [0.1, 0.15) is 0 Å². The molecule has 7 heteroatoms. The Morgan fingerprint density at radius 1 is 1.15 bits per heavy atom. The first-order chi connectivity index (χ1) is 12.2. The van der Waals surface area contributed by atoms with E-state index in [1.54, 1.807) is 7.05 Å². The van der Waals surface area contributed by atoms with Crippen molar-refractivity contribution in [2.75, 3.05) is 40.4 Å². The maximum atomic E-state index is 12.1. The quantitative estimate of drug-likeness (QED) is 0.334. The van der Waals surface area contributed by atoms with Crippen molar-refractivity contribution in [2.24, 2.45) is 10.9 Å². The smallest absolute Gasteiger partial charge is 0.221 e. The van der Waals surface area contributed by atoms with Crippen LogP contribution in [0, 0.1) is 5.92 Å². The first kappa shape index (κ1) is 23.5. The normalized spacial score (nSPS) is 19.5. The fourth-order valence-corrected chi connectivity index (χ4v) is 3.74. The van der Waals surface area contributed by atoms with Gasteiger partial charge >= 0.3 is 0 Å². The lowest BCUT2D eigenvalue weighted by Crippen LogP contribution is -2.42. The van der Waals surface area contributed by atoms with E-state index in [1.807, 2.05) is 0 Å². The molecular weight excluding hydrogens is 443 g/mol. The van der Waals surface area contributed by atoms with E-state index in [0.29, 0.717) is 19.0 Å². The van der Waals surface area contributed by atoms with Gasteiger partial charge in [-0.3, -0.25) is 9.79 Å². The van der Waals surface area contributed by atoms with Gasteiger partial charge in [0.15, 0.2) is 5.96 Å². The summed E-state index contributed by atoms with van der Waals surface area (Å²) in [7, 11) is 3.87. The van der Waals surface area contributed by atoms with Crippen LogP contribution in [0.5, 0.6) is 0 Å². The van der Waals surface area contributed by atoms with Gasteiger partial charge in [0.05, 0.1) is 0 Å². The van der Waals surface area contributed by atoms with Crippen molar-refractivity contribution in [1.29, 1.82) is 0 Å². The molecule has 1 amide bonds. The number of amides is 1. The average molecular weight is 480 g/mol. The molecule has 2 aliphatic rings. The Morgan fingerprint density at radius 2 is 1.85 bits per heavy atom. The second-order valence-corrected chi connectivity index (χ2v) is 7.39. The number of hydrogen-bond donors (Lipinski definition) is 2. The SMILES string of the molecule is CN=C(NCCC(=O)NC1CCCCC1)N(C)CCC1CCOCC1.I. The van der Waals surface area contributed by atoms with Gasteiger partial charge in [0.25, 0.3) is 0 Å². The minimum absolute atomic E-state index is 0. The predicted octanol–water partition coefficient (Wildman–Crippen LogP) is 2.77. The lowest BCUT2D eigenvalue weighted by molar-refractivity contribution is -0.121. The number of nitrogens with one attached hydrogen (secondary N) is 2. The standard InChI is InChI=1S/C19H36N4O2.HI/c1-20-19(23(2)13-9-16-10-14-25-15-11-16)21-12-8-18(24)22-17-6-4-3-5-7-17;/h16-17H,3-15H2,1-2H3,(H,20,21)(H,22,24);1H. The van der Waals surface area contributed by atoms with Gasteiger partial charge in [0, 0.05) is 52.9 Å². The maximum absolute atomic E-state index is 12.1. The first-order valence-electron chi connectivity index (χ1n) is 9.98. The van der Waals surface area contributed by atoms with Crippen LogP contribution in [0.25, 0.3) is 0 Å². The van der Waals surface area contributed by atoms with Crippen LogP contribution in [-0.4, -0.2) is 63.2 Å². The molecule has 0 aromatic carbocycles. The topological polar surface area (TPSA) is 66.0 Å². The van der Waals surface area contributed by atoms with Crippen molar-refractivity contribution in [2.45, 2.75) is 63.8 Å². The molecule has 6 nitrogen and oxygen atoms in total. The number of guanidine groups is 1. The fourth-order valence-electron chi connectivity index (χ4n) is 3.74. The van der Waals surface area contributed by atoms with Crippen molar-refractivity contribution in [3.63, 3.8) is 0 Å². The maximum Gasteiger partial charge on any atom is 0.221 e. The summed E-state index contributed by atoms with van der Waals surface area (Å²) >= 11 is 0. The molecule has 0 aromatic rings. The number of aliphatic imine (C=N–C) groups is 1. The van der Waals surface area contributed by atoms with Gasteiger partial charge in [-0.05, 0) is 38.0 Å². The molecule has 0 atom stereocenters. The molecule has 1 aliphatic carbocycles. The Kier molecular flexibility index (Phi) is 12.3. The number of carbonyl (C=O) groups is 1. The Hall–Kier alpha value is -0.570. The zero-order chi connectivity index (χ0) is 17.9. The van der Waals surface area contributed by atoms with Gasteiger partial charge in [0.2, 0.25) is 5.91 Å². The molecule has 1 saturated carbocycles. The zero-order valence-electron chi connectivity index (χ0n) is 16.5. The van der Waals surface area contributed by atoms with E-state index in [4.69, 9.17) is 4.74 Å². The van der Waals surface area contributed by atoms with E-state index in [0.717, 1.165) is 44.5 Å². The highest BCUT2D eigenvalue weighted by atomic mass is 127. The van der Waals surface area contributed by atoms with Crippen LogP contribution in [0.4, 0.5) is 0 Å². The fraction of sp³-hybridized carbons (Fsp3) is 0.895. The summed E-state index contributed by atoms with van der Waals surface area (Å²) in [6.07, 6.45) is 10.1. The number of hydrogen-bond acceptors (Lipinski definition) is 3. The summed E-state index contributed by atoms with van der Waals surface area (Å²) < 4.78 is 5.42. The number of carbonyl (C=O) groups excluding carboxylic acids is 1. The molecule has 0 radical (unpaired) electrons. The molecule has 1 saturated heterocycles. The Morgan fingerprint density at radius 3 is 2.50 bits per heavy atom. The lowest BCUT2D eigenvalue weighted by Gasteiger charge is -2.27. The molecule has 2 rings (SSSR count). The molecule has 26 heavy (non-hydrogen) atoms. The summed E-state index contributed by atoms with van der Waals surface area (Å²) in [5.41, 5.74) is 0. The molecule has 2 N–H and O–H groups in total. The van der Waals surface area contributed by atoms with Gasteiger partial charge in [-0.1, -0.05) is 19.3 Å². The number of ether oxygens (including phenoxy) is 1. The van der Waals surface area contributed by atoms with Crippen LogP contribution in [0.15, 0.2) is 4.99 Å². The number of rotatable bonds is 7. The molecule has 1 aliphatic heterocycles. The third-order valence-corrected chi connectivity index (χ3v) is 5.39. The molecule has 0 aromatic heterocycles. The van der Waals surface area contributed by atoms with E-state index in [-0.39, 0.29) is 29.9 Å². The lowest BCUT2D eigenvalue weighted by atomic mass is 9.95. The zero-order valence-corrected chi connectivity index (χ0v) is 18.8. The second kappa shape index (κ2) is 13.6. The van der Waals surface area contributed by atoms with Crippen LogP contribution in [0.1, 0.15) is 57.8 Å². The van der Waals surface area contributed by atoms with Crippen LogP contribution < -0.4 is 10.6 Å². The van der Waals surface area contributed by atoms with Gasteiger partial charge in [-0.25, -0.2) is 0 Å². The van der Waals surface area contributed by atoms with Gasteiger partial charge in [-0.2, -0.15) is 0 Å². The number of halogens is 1. The van der Waals surface area contributed by atoms with E-state index >= 15 is 0 Å². The largest absolute Gasteiger partial charge is 0.381 e. The summed E-state index contributed by atoms with van der Waals surface area (Å²) in [5.74, 6) is 1.79. The average Bonchev–Trinajstić information content (AvgIpc) is 2.65. The molecule has 0 bridgehead atoms. The minimum Gasteiger partial charge on any atom is -0.381 e. The summed E-state index contributed by atoms with van der Waals surface area (Å²) in [6, 6.07) is 0.391.